The maximum absolute atomic E-state index is 14.4. The van der Waals surface area contributed by atoms with Crippen LogP contribution in [0.4, 0.5) is 13.2 Å². The monoisotopic (exact) mass is 479 g/mol. The molecule has 4 atom stereocenters. The van der Waals surface area contributed by atoms with Crippen LogP contribution in [0, 0.1) is 29.3 Å². The average molecular weight is 480 g/mol. The second-order valence-electron chi connectivity index (χ2n) is 9.12. The van der Waals surface area contributed by atoms with Crippen molar-refractivity contribution in [2.24, 2.45) is 17.0 Å². The lowest BCUT2D eigenvalue weighted by molar-refractivity contribution is 0.0987. The van der Waals surface area contributed by atoms with Crippen molar-refractivity contribution in [3.63, 3.8) is 0 Å². The van der Waals surface area contributed by atoms with Gasteiger partial charge in [0.05, 0.1) is 5.56 Å². The average Bonchev–Trinajstić information content (AvgIpc) is 2.82. The number of nitrogens with zero attached hydrogens (tertiary/aromatic N) is 5. The van der Waals surface area contributed by atoms with Gasteiger partial charge in [-0.2, -0.15) is 0 Å². The fourth-order valence-corrected chi connectivity index (χ4v) is 5.12. The fraction of sp³-hybridized carbons (Fsp3) is 0.346. The third-order valence-corrected chi connectivity index (χ3v) is 6.73. The van der Waals surface area contributed by atoms with Crippen LogP contribution in [0.3, 0.4) is 0 Å². The molecule has 3 aromatic rings. The molecule has 9 heteroatoms. The number of carbonyl (C=O) groups excluding carboxylic acids is 1. The van der Waals surface area contributed by atoms with Crippen LogP contribution in [-0.4, -0.2) is 21.8 Å². The molecule has 2 unspecified atom stereocenters. The van der Waals surface area contributed by atoms with Crippen molar-refractivity contribution in [3.05, 3.63) is 93.5 Å². The molecule has 0 N–H and O–H groups in total. The second-order valence-corrected chi connectivity index (χ2v) is 9.12. The molecule has 0 saturated heterocycles. The van der Waals surface area contributed by atoms with Gasteiger partial charge >= 0.3 is 0 Å². The van der Waals surface area contributed by atoms with Crippen molar-refractivity contribution in [1.29, 1.82) is 0 Å². The molecule has 0 spiro atoms. The van der Waals surface area contributed by atoms with Gasteiger partial charge in [-0.1, -0.05) is 25.0 Å². The van der Waals surface area contributed by atoms with Crippen molar-refractivity contribution in [1.82, 2.24) is 9.97 Å². The predicted molar refractivity (Wildman–Crippen MR) is 125 cm³/mol. The van der Waals surface area contributed by atoms with Crippen molar-refractivity contribution >= 4 is 5.78 Å². The number of pyridine rings is 2. The number of rotatable bonds is 6. The largest absolute Gasteiger partial charge is 0.292 e. The summed E-state index contributed by atoms with van der Waals surface area (Å²) in [6.45, 7) is 4.11. The summed E-state index contributed by atoms with van der Waals surface area (Å²) in [6.07, 6.45) is 4.85. The van der Waals surface area contributed by atoms with Gasteiger partial charge in [0.1, 0.15) is 28.8 Å². The molecule has 180 valence electrons. The number of halogens is 3. The van der Waals surface area contributed by atoms with Crippen LogP contribution in [0.25, 0.3) is 21.7 Å². The van der Waals surface area contributed by atoms with Gasteiger partial charge in [-0.15, -0.1) is 0 Å². The molecule has 0 radical (unpaired) electrons. The minimum atomic E-state index is -0.963. The molecule has 2 heterocycles. The van der Waals surface area contributed by atoms with E-state index in [1.165, 1.54) is 12.1 Å². The number of Topliss-reactive ketones (excluding diaryl/α,β-unsaturated/α-hetero) is 1. The summed E-state index contributed by atoms with van der Waals surface area (Å²) in [5, 5.41) is 3.96. The molecular weight excluding hydrogens is 455 g/mol. The molecule has 4 rings (SSSR count). The Balaban J connectivity index is 1.61. The number of ketones is 1. The summed E-state index contributed by atoms with van der Waals surface area (Å²) in [6, 6.07) is 7.20. The van der Waals surface area contributed by atoms with Crippen molar-refractivity contribution in [2.75, 3.05) is 0 Å². The third kappa shape index (κ3) is 5.05. The van der Waals surface area contributed by atoms with Gasteiger partial charge < -0.3 is 0 Å². The van der Waals surface area contributed by atoms with Gasteiger partial charge in [0.15, 0.2) is 5.78 Å². The standard InChI is InChI=1S/C26H24F3N5O/c1-14-10-16(11-15(2)25(14)33-34-30)18-8-9-31-13-17(18)12-23(35)22-7-6-21(29)26(32-22)24-19(27)4-3-5-20(24)28/h3-9,13-16,25H,10-12H2,1-2H3/t14-,15+,16?,25?. The van der Waals surface area contributed by atoms with E-state index in [2.05, 4.69) is 33.8 Å². The first-order valence-electron chi connectivity index (χ1n) is 11.4. The predicted octanol–water partition coefficient (Wildman–Crippen LogP) is 6.81. The van der Waals surface area contributed by atoms with Crippen LogP contribution in [0.2, 0.25) is 0 Å². The topological polar surface area (TPSA) is 91.6 Å². The summed E-state index contributed by atoms with van der Waals surface area (Å²) in [4.78, 5) is 24.3. The van der Waals surface area contributed by atoms with Gasteiger partial charge in [-0.25, -0.2) is 18.2 Å². The van der Waals surface area contributed by atoms with E-state index in [0.717, 1.165) is 36.6 Å². The zero-order valence-corrected chi connectivity index (χ0v) is 19.3. The molecule has 1 aliphatic carbocycles. The van der Waals surface area contributed by atoms with Gasteiger partial charge in [0, 0.05) is 29.8 Å². The van der Waals surface area contributed by atoms with Crippen molar-refractivity contribution in [2.45, 2.75) is 45.1 Å². The molecule has 1 fully saturated rings. The van der Waals surface area contributed by atoms with E-state index in [-0.39, 0.29) is 35.9 Å². The molecule has 0 bridgehead atoms. The number of azide groups is 1. The van der Waals surface area contributed by atoms with Crippen LogP contribution < -0.4 is 0 Å². The molecule has 6 nitrogen and oxygen atoms in total. The Morgan fingerprint density at radius 2 is 1.74 bits per heavy atom. The maximum atomic E-state index is 14.4. The minimum Gasteiger partial charge on any atom is -0.292 e. The first kappa shape index (κ1) is 24.4. The molecule has 2 aromatic heterocycles. The second kappa shape index (κ2) is 10.3. The summed E-state index contributed by atoms with van der Waals surface area (Å²) in [7, 11) is 0. The highest BCUT2D eigenvalue weighted by atomic mass is 19.1. The molecule has 1 aliphatic rings. The zero-order chi connectivity index (χ0) is 25.1. The zero-order valence-electron chi connectivity index (χ0n) is 19.3. The van der Waals surface area contributed by atoms with Gasteiger partial charge in [-0.05, 0) is 77.6 Å². The first-order chi connectivity index (χ1) is 16.8. The van der Waals surface area contributed by atoms with Crippen molar-refractivity contribution in [3.8, 4) is 11.3 Å². The summed E-state index contributed by atoms with van der Waals surface area (Å²) in [5.74, 6) is -2.76. The Morgan fingerprint density at radius 3 is 2.40 bits per heavy atom. The minimum absolute atomic E-state index is 0.0416. The van der Waals surface area contributed by atoms with Gasteiger partial charge in [0.2, 0.25) is 0 Å². The van der Waals surface area contributed by atoms with E-state index in [9.17, 15) is 18.0 Å². The van der Waals surface area contributed by atoms with E-state index < -0.39 is 34.5 Å². The smallest absolute Gasteiger partial charge is 0.185 e. The molecular formula is C26H24F3N5O. The highest BCUT2D eigenvalue weighted by Crippen LogP contribution is 2.42. The van der Waals surface area contributed by atoms with E-state index in [0.29, 0.717) is 5.56 Å². The molecule has 35 heavy (non-hydrogen) atoms. The number of benzene rings is 1. The SMILES string of the molecule is C[C@@H]1CC(c2ccncc2CC(=O)c2ccc(F)c(-c3c(F)cccc3F)n2)C[C@H](C)C1N=[N+]=[N-]. The van der Waals surface area contributed by atoms with Crippen LogP contribution >= 0.6 is 0 Å². The van der Waals surface area contributed by atoms with Crippen molar-refractivity contribution < 1.29 is 18.0 Å². The number of hydrogen-bond acceptors (Lipinski definition) is 4. The highest BCUT2D eigenvalue weighted by Gasteiger charge is 2.34. The Labute approximate surface area is 200 Å². The Bertz CT molecular complexity index is 1280. The molecule has 0 amide bonds. The molecule has 0 aliphatic heterocycles. The lowest BCUT2D eigenvalue weighted by Gasteiger charge is -2.37. The van der Waals surface area contributed by atoms with E-state index in [1.54, 1.807) is 12.4 Å². The van der Waals surface area contributed by atoms with Gasteiger partial charge in [0.25, 0.3) is 0 Å². The summed E-state index contributed by atoms with van der Waals surface area (Å²) in [5.41, 5.74) is 9.32. The van der Waals surface area contributed by atoms with E-state index in [4.69, 9.17) is 5.53 Å². The van der Waals surface area contributed by atoms with Crippen LogP contribution in [0.1, 0.15) is 54.2 Å². The Hall–Kier alpha value is -3.71. The van der Waals surface area contributed by atoms with E-state index >= 15 is 0 Å². The number of carbonyl (C=O) groups is 1. The third-order valence-electron chi connectivity index (χ3n) is 6.73. The number of hydrogen-bond donors (Lipinski definition) is 0. The maximum Gasteiger partial charge on any atom is 0.185 e. The quantitative estimate of drug-likeness (QED) is 0.168. The first-order valence-corrected chi connectivity index (χ1v) is 11.4. The van der Waals surface area contributed by atoms with Crippen LogP contribution in [-0.2, 0) is 6.42 Å². The lowest BCUT2D eigenvalue weighted by atomic mass is 9.70. The van der Waals surface area contributed by atoms with Crippen LogP contribution in [0.5, 0.6) is 0 Å². The summed E-state index contributed by atoms with van der Waals surface area (Å²) < 4.78 is 42.9. The van der Waals surface area contributed by atoms with Gasteiger partial charge in [-0.3, -0.25) is 9.78 Å². The normalized spacial score (nSPS) is 21.9. The number of aromatic nitrogens is 2. The fourth-order valence-electron chi connectivity index (χ4n) is 5.12. The Morgan fingerprint density at radius 1 is 1.06 bits per heavy atom. The lowest BCUT2D eigenvalue weighted by Crippen LogP contribution is -2.32. The molecule has 1 aromatic carbocycles. The molecule has 1 saturated carbocycles. The van der Waals surface area contributed by atoms with E-state index in [1.807, 2.05) is 6.07 Å². The summed E-state index contributed by atoms with van der Waals surface area (Å²) >= 11 is 0. The highest BCUT2D eigenvalue weighted by molar-refractivity contribution is 5.96. The van der Waals surface area contributed by atoms with Crippen LogP contribution in [0.15, 0.2) is 53.9 Å². The Kier molecular flexibility index (Phi) is 7.17.